The van der Waals surface area contributed by atoms with Gasteiger partial charge in [-0.25, -0.2) is 0 Å². The molecule has 21 heavy (non-hydrogen) atoms. The van der Waals surface area contributed by atoms with Crippen molar-refractivity contribution >= 4 is 28.4 Å². The number of aromatic nitrogens is 1. The van der Waals surface area contributed by atoms with E-state index in [1.807, 2.05) is 25.1 Å². The van der Waals surface area contributed by atoms with Crippen LogP contribution in [-0.4, -0.2) is 28.6 Å². The first-order valence-corrected chi connectivity index (χ1v) is 7.60. The Bertz CT molecular complexity index is 682. The number of carbonyl (C=O) groups excluding carboxylic acids is 1. The Kier molecular flexibility index (Phi) is 3.68. The van der Waals surface area contributed by atoms with Gasteiger partial charge in [-0.15, -0.1) is 0 Å². The number of fused-ring (bicyclic) bond motifs is 1. The molecule has 0 saturated heterocycles. The minimum atomic E-state index is -0.217. The smallest absolute Gasteiger partial charge is 0.267 e. The number of aliphatic hydroxyl groups excluding tert-OH is 1. The average molecular weight is 307 g/mol. The summed E-state index contributed by atoms with van der Waals surface area (Å²) in [5, 5.41) is 14.2. The quantitative estimate of drug-likeness (QED) is 0.816. The summed E-state index contributed by atoms with van der Waals surface area (Å²) in [6.07, 6.45) is 2.88. The van der Waals surface area contributed by atoms with Gasteiger partial charge in [0.05, 0.1) is 6.61 Å². The number of rotatable bonds is 3. The van der Waals surface area contributed by atoms with Crippen molar-refractivity contribution in [3.63, 3.8) is 0 Å². The van der Waals surface area contributed by atoms with Gasteiger partial charge in [0.15, 0.2) is 0 Å². The third-order valence-electron chi connectivity index (χ3n) is 4.58. The Labute approximate surface area is 128 Å². The van der Waals surface area contributed by atoms with Gasteiger partial charge >= 0.3 is 0 Å². The molecule has 4 nitrogen and oxygen atoms in total. The maximum atomic E-state index is 12.4. The lowest BCUT2D eigenvalue weighted by Gasteiger charge is -2.29. The monoisotopic (exact) mass is 306 g/mol. The predicted molar refractivity (Wildman–Crippen MR) is 83.6 cm³/mol. The molecule has 2 aromatic rings. The molecule has 1 aromatic heterocycles. The van der Waals surface area contributed by atoms with Crippen molar-refractivity contribution in [2.75, 3.05) is 6.61 Å². The summed E-state index contributed by atoms with van der Waals surface area (Å²) in [4.78, 5) is 15.5. The third-order valence-corrected chi connectivity index (χ3v) is 4.81. The number of H-pyrrole nitrogens is 1. The second-order valence-corrected chi connectivity index (χ2v) is 6.58. The zero-order valence-corrected chi connectivity index (χ0v) is 12.7. The molecule has 1 aliphatic rings. The summed E-state index contributed by atoms with van der Waals surface area (Å²) in [5.74, 6) is -0.131. The fourth-order valence-corrected chi connectivity index (χ4v) is 3.31. The molecule has 1 heterocycles. The van der Waals surface area contributed by atoms with E-state index in [1.54, 1.807) is 6.07 Å². The molecule has 5 heteroatoms. The highest BCUT2D eigenvalue weighted by Crippen LogP contribution is 2.37. The van der Waals surface area contributed by atoms with E-state index in [0.29, 0.717) is 10.7 Å². The summed E-state index contributed by atoms with van der Waals surface area (Å²) in [6.45, 7) is 2.12. The van der Waals surface area contributed by atoms with Gasteiger partial charge in [0.2, 0.25) is 0 Å². The van der Waals surface area contributed by atoms with Crippen LogP contribution in [0.1, 0.15) is 36.7 Å². The first kappa shape index (κ1) is 14.4. The van der Waals surface area contributed by atoms with Crippen LogP contribution in [0.5, 0.6) is 0 Å². The summed E-state index contributed by atoms with van der Waals surface area (Å²) in [5.41, 5.74) is 1.20. The fraction of sp³-hybridized carbons (Fsp3) is 0.438. The van der Waals surface area contributed by atoms with Crippen molar-refractivity contribution in [1.29, 1.82) is 0 Å². The molecule has 3 rings (SSSR count). The van der Waals surface area contributed by atoms with E-state index < -0.39 is 0 Å². The number of nitrogens with one attached hydrogen (secondary N) is 2. The average Bonchev–Trinajstić information content (AvgIpc) is 3.03. The third kappa shape index (κ3) is 2.65. The molecule has 1 aromatic carbocycles. The van der Waals surface area contributed by atoms with Crippen LogP contribution in [0.3, 0.4) is 0 Å². The van der Waals surface area contributed by atoms with Gasteiger partial charge in [0.25, 0.3) is 5.91 Å². The number of hydrogen-bond donors (Lipinski definition) is 3. The molecule has 112 valence electrons. The molecule has 0 radical (unpaired) electrons. The zero-order chi connectivity index (χ0) is 15.0. The van der Waals surface area contributed by atoms with Crippen LogP contribution in [0.4, 0.5) is 0 Å². The Hall–Kier alpha value is -1.52. The molecule has 2 unspecified atom stereocenters. The highest BCUT2D eigenvalue weighted by Gasteiger charge is 2.39. The summed E-state index contributed by atoms with van der Waals surface area (Å²) >= 11 is 5.96. The highest BCUT2D eigenvalue weighted by atomic mass is 35.5. The first-order chi connectivity index (χ1) is 10.0. The lowest BCUT2D eigenvalue weighted by molar-refractivity contribution is 0.0827. The molecule has 3 N–H and O–H groups in total. The molecule has 1 aliphatic carbocycles. The lowest BCUT2D eigenvalue weighted by Crippen LogP contribution is -2.44. The highest BCUT2D eigenvalue weighted by molar-refractivity contribution is 6.31. The summed E-state index contributed by atoms with van der Waals surface area (Å²) in [7, 11) is 0. The molecule has 0 bridgehead atoms. The zero-order valence-electron chi connectivity index (χ0n) is 11.9. The van der Waals surface area contributed by atoms with Crippen LogP contribution >= 0.6 is 11.6 Å². The van der Waals surface area contributed by atoms with Gasteiger partial charge in [-0.1, -0.05) is 24.9 Å². The maximum absolute atomic E-state index is 12.4. The minimum absolute atomic E-state index is 0.0185. The predicted octanol–water partition coefficient (Wildman–Crippen LogP) is 3.10. The van der Waals surface area contributed by atoms with Crippen LogP contribution in [0.25, 0.3) is 10.9 Å². The first-order valence-electron chi connectivity index (χ1n) is 7.22. The number of aromatic amines is 1. The van der Waals surface area contributed by atoms with E-state index >= 15 is 0 Å². The van der Waals surface area contributed by atoms with Gasteiger partial charge in [-0.05, 0) is 37.1 Å². The van der Waals surface area contributed by atoms with E-state index in [2.05, 4.69) is 10.3 Å². The van der Waals surface area contributed by atoms with Crippen molar-refractivity contribution in [2.24, 2.45) is 5.41 Å². The number of amides is 1. The molecule has 1 fully saturated rings. The maximum Gasteiger partial charge on any atom is 0.267 e. The van der Waals surface area contributed by atoms with E-state index in [4.69, 9.17) is 11.6 Å². The molecule has 0 spiro atoms. The number of carbonyl (C=O) groups is 1. The van der Waals surface area contributed by atoms with Gasteiger partial charge in [0.1, 0.15) is 5.69 Å². The van der Waals surface area contributed by atoms with Crippen molar-refractivity contribution in [2.45, 2.75) is 32.2 Å². The fourth-order valence-electron chi connectivity index (χ4n) is 3.13. The number of aliphatic hydroxyl groups is 1. The van der Waals surface area contributed by atoms with Crippen LogP contribution in [0, 0.1) is 5.41 Å². The van der Waals surface area contributed by atoms with Crippen molar-refractivity contribution in [1.82, 2.24) is 10.3 Å². The lowest BCUT2D eigenvalue weighted by atomic mass is 9.86. The summed E-state index contributed by atoms with van der Waals surface area (Å²) < 4.78 is 0. The van der Waals surface area contributed by atoms with Crippen LogP contribution < -0.4 is 5.32 Å². The van der Waals surface area contributed by atoms with E-state index in [-0.39, 0.29) is 24.0 Å². The number of benzene rings is 1. The van der Waals surface area contributed by atoms with E-state index in [1.165, 1.54) is 0 Å². The molecule has 2 atom stereocenters. The van der Waals surface area contributed by atoms with Crippen LogP contribution in [0.2, 0.25) is 5.02 Å². The van der Waals surface area contributed by atoms with Crippen LogP contribution in [0.15, 0.2) is 24.3 Å². The van der Waals surface area contributed by atoms with Gasteiger partial charge in [0, 0.05) is 27.4 Å². The van der Waals surface area contributed by atoms with Crippen LogP contribution in [-0.2, 0) is 0 Å². The normalized spacial score (nSPS) is 25.4. The van der Waals surface area contributed by atoms with E-state index in [0.717, 1.165) is 30.2 Å². The minimum Gasteiger partial charge on any atom is -0.396 e. The van der Waals surface area contributed by atoms with E-state index in [9.17, 15) is 9.90 Å². The number of hydrogen-bond acceptors (Lipinski definition) is 2. The Morgan fingerprint density at radius 1 is 1.52 bits per heavy atom. The Balaban J connectivity index is 1.81. The summed E-state index contributed by atoms with van der Waals surface area (Å²) in [6, 6.07) is 7.31. The Morgan fingerprint density at radius 3 is 3.10 bits per heavy atom. The largest absolute Gasteiger partial charge is 0.396 e. The topological polar surface area (TPSA) is 65.1 Å². The second-order valence-electron chi connectivity index (χ2n) is 6.15. The van der Waals surface area contributed by atoms with Gasteiger partial charge in [-0.2, -0.15) is 0 Å². The number of halogens is 1. The SMILES string of the molecule is CC1(CO)CCCC1NC(=O)c1cc2cc(Cl)ccc2[nH]1. The molecular formula is C16H19ClN2O2. The molecule has 1 saturated carbocycles. The van der Waals surface area contributed by atoms with Crippen molar-refractivity contribution in [3.8, 4) is 0 Å². The van der Waals surface area contributed by atoms with Gasteiger partial charge in [-0.3, -0.25) is 4.79 Å². The standard InChI is InChI=1S/C16H19ClN2O2/c1-16(9-20)6-2-3-14(16)19-15(21)13-8-10-7-11(17)4-5-12(10)18-13/h4-5,7-8,14,18,20H,2-3,6,9H2,1H3,(H,19,21). The van der Waals surface area contributed by atoms with Crippen molar-refractivity contribution in [3.05, 3.63) is 35.0 Å². The molecule has 1 amide bonds. The second kappa shape index (κ2) is 5.35. The molecule has 0 aliphatic heterocycles. The van der Waals surface area contributed by atoms with Gasteiger partial charge < -0.3 is 15.4 Å². The molecular weight excluding hydrogens is 288 g/mol. The van der Waals surface area contributed by atoms with Crippen molar-refractivity contribution < 1.29 is 9.90 Å². The Morgan fingerprint density at radius 2 is 2.33 bits per heavy atom.